The molecule has 0 saturated carbocycles. The number of hydrogen-bond donors (Lipinski definition) is 5. The highest BCUT2D eigenvalue weighted by Gasteiger charge is 2.53. The Morgan fingerprint density at radius 1 is 1.06 bits per heavy atom. The van der Waals surface area contributed by atoms with E-state index < -0.39 is 58.2 Å². The molecule has 0 unspecified atom stereocenters. The first-order valence-electron chi connectivity index (χ1n) is 9.94. The summed E-state index contributed by atoms with van der Waals surface area (Å²) in [6.45, 7) is 1.01. The molecule has 188 valence electrons. The zero-order valence-electron chi connectivity index (χ0n) is 17.7. The quantitative estimate of drug-likeness (QED) is 0.276. The second kappa shape index (κ2) is 9.41. The zero-order valence-corrected chi connectivity index (χ0v) is 18.5. The van der Waals surface area contributed by atoms with Crippen molar-refractivity contribution in [3.05, 3.63) is 64.7 Å². The molecule has 34 heavy (non-hydrogen) atoms. The van der Waals surface area contributed by atoms with Gasteiger partial charge in [0.15, 0.2) is 0 Å². The molecule has 1 aliphatic rings. The van der Waals surface area contributed by atoms with Gasteiger partial charge in [0.2, 0.25) is 5.79 Å². The highest BCUT2D eigenvalue weighted by atomic mass is 32.2. The number of aliphatic hydroxyl groups excluding tert-OH is 4. The third kappa shape index (κ3) is 5.05. The Hall–Kier alpha value is -2.26. The summed E-state index contributed by atoms with van der Waals surface area (Å²) in [5.74, 6) is -2.97. The van der Waals surface area contributed by atoms with Crippen LogP contribution in [-0.2, 0) is 27.1 Å². The Morgan fingerprint density at radius 3 is 2.24 bits per heavy atom. The third-order valence-corrected chi connectivity index (χ3v) is 6.52. The minimum atomic E-state index is -5.80. The van der Waals surface area contributed by atoms with Crippen LogP contribution in [0.4, 0.5) is 13.2 Å². The molecule has 9 nitrogen and oxygen atoms in total. The van der Waals surface area contributed by atoms with Gasteiger partial charge in [-0.25, -0.2) is 0 Å². The lowest BCUT2D eigenvalue weighted by Crippen LogP contribution is -2.63. The van der Waals surface area contributed by atoms with Gasteiger partial charge in [-0.05, 0) is 48.2 Å². The molecule has 0 spiro atoms. The van der Waals surface area contributed by atoms with Gasteiger partial charge < -0.3 is 34.5 Å². The second-order valence-electron chi connectivity index (χ2n) is 7.91. The van der Waals surface area contributed by atoms with E-state index >= 15 is 0 Å². The molecule has 0 amide bonds. The molecule has 2 aromatic carbocycles. The van der Waals surface area contributed by atoms with Crippen LogP contribution < -0.4 is 4.18 Å². The Labute approximate surface area is 192 Å². The van der Waals surface area contributed by atoms with Crippen LogP contribution in [0.5, 0.6) is 5.75 Å². The van der Waals surface area contributed by atoms with Gasteiger partial charge in [-0.1, -0.05) is 24.3 Å². The maximum absolute atomic E-state index is 12.5. The lowest BCUT2D eigenvalue weighted by molar-refractivity contribution is -0.357. The summed E-state index contributed by atoms with van der Waals surface area (Å²) in [5.41, 5.74) is -3.65. The zero-order chi connectivity index (χ0) is 25.5. The molecule has 0 aliphatic carbocycles. The van der Waals surface area contributed by atoms with Gasteiger partial charge in [-0.15, -0.1) is 0 Å². The van der Waals surface area contributed by atoms with Crippen LogP contribution in [0.25, 0.3) is 0 Å². The summed E-state index contributed by atoms with van der Waals surface area (Å²) in [6.07, 6.45) is -6.55. The first kappa shape index (κ1) is 26.3. The maximum atomic E-state index is 12.5. The molecule has 5 atom stereocenters. The molecular formula is C21H23F3O9S. The maximum Gasteiger partial charge on any atom is 0.534 e. The number of benzene rings is 2. The average molecular weight is 508 g/mol. The Kier molecular flexibility index (Phi) is 7.30. The lowest BCUT2D eigenvalue weighted by Gasteiger charge is -2.45. The predicted octanol–water partition coefficient (Wildman–Crippen LogP) is 0.433. The molecule has 5 N–H and O–H groups in total. The lowest BCUT2D eigenvalue weighted by atomic mass is 9.86. The minimum Gasteiger partial charge on any atom is -0.394 e. The summed E-state index contributed by atoms with van der Waals surface area (Å²) in [5, 5.41) is 50.7. The normalized spacial score (nSPS) is 28.0. The van der Waals surface area contributed by atoms with Crippen molar-refractivity contribution in [1.29, 1.82) is 0 Å². The third-order valence-electron chi connectivity index (χ3n) is 5.54. The summed E-state index contributed by atoms with van der Waals surface area (Å²) < 4.78 is 69.0. The monoisotopic (exact) mass is 508 g/mol. The fraction of sp³-hybridized carbons (Fsp3) is 0.429. The fourth-order valence-corrected chi connectivity index (χ4v) is 3.99. The highest BCUT2D eigenvalue weighted by molar-refractivity contribution is 7.88. The van der Waals surface area contributed by atoms with Gasteiger partial charge in [0, 0.05) is 5.56 Å². The summed E-state index contributed by atoms with van der Waals surface area (Å²) in [6, 6.07) is 9.32. The van der Waals surface area contributed by atoms with Crippen molar-refractivity contribution in [3.8, 4) is 5.75 Å². The van der Waals surface area contributed by atoms with E-state index in [0.29, 0.717) is 11.1 Å². The number of rotatable bonds is 6. The largest absolute Gasteiger partial charge is 0.534 e. The summed E-state index contributed by atoms with van der Waals surface area (Å²) in [7, 11) is -5.80. The van der Waals surface area contributed by atoms with E-state index in [1.165, 1.54) is 24.3 Å². The highest BCUT2D eigenvalue weighted by Crippen LogP contribution is 2.37. The number of alkyl halides is 3. The van der Waals surface area contributed by atoms with Crippen molar-refractivity contribution >= 4 is 10.1 Å². The first-order valence-corrected chi connectivity index (χ1v) is 11.4. The number of halogens is 3. The van der Waals surface area contributed by atoms with Crippen molar-refractivity contribution in [3.63, 3.8) is 0 Å². The molecule has 1 saturated heterocycles. The van der Waals surface area contributed by atoms with Crippen molar-refractivity contribution in [2.45, 2.75) is 49.1 Å². The van der Waals surface area contributed by atoms with E-state index in [1.54, 1.807) is 13.0 Å². The van der Waals surface area contributed by atoms with Gasteiger partial charge >= 0.3 is 15.6 Å². The second-order valence-corrected chi connectivity index (χ2v) is 9.44. The molecule has 1 fully saturated rings. The molecule has 13 heteroatoms. The summed E-state index contributed by atoms with van der Waals surface area (Å²) in [4.78, 5) is 0. The van der Waals surface area contributed by atoms with Crippen molar-refractivity contribution < 1.29 is 56.0 Å². The molecule has 0 bridgehead atoms. The number of aryl methyl sites for hydroxylation is 1. The SMILES string of the molecule is Cc1ccc([C@]2(O)O[C@H](CO)[C@@H](O)[C@H](O)[C@H]2O)cc1Cc1ccc(OS(=O)(=O)C(F)(F)F)cc1. The van der Waals surface area contributed by atoms with E-state index in [1.807, 2.05) is 0 Å². The first-order chi connectivity index (χ1) is 15.7. The van der Waals surface area contributed by atoms with Crippen molar-refractivity contribution in [2.24, 2.45) is 0 Å². The van der Waals surface area contributed by atoms with Crippen molar-refractivity contribution in [2.75, 3.05) is 6.61 Å². The molecule has 3 rings (SSSR count). The van der Waals surface area contributed by atoms with Crippen LogP contribution in [0, 0.1) is 6.92 Å². The minimum absolute atomic E-state index is 0.0289. The molecule has 2 aromatic rings. The van der Waals surface area contributed by atoms with E-state index in [0.717, 1.165) is 17.7 Å². The van der Waals surface area contributed by atoms with Crippen LogP contribution in [0.15, 0.2) is 42.5 Å². The van der Waals surface area contributed by atoms with Crippen LogP contribution in [-0.4, -0.2) is 70.5 Å². The molecule has 0 radical (unpaired) electrons. The van der Waals surface area contributed by atoms with E-state index in [-0.39, 0.29) is 12.0 Å². The van der Waals surface area contributed by atoms with Gasteiger partial charge in [0.05, 0.1) is 6.61 Å². The number of ether oxygens (including phenoxy) is 1. The van der Waals surface area contributed by atoms with E-state index in [2.05, 4.69) is 4.18 Å². The van der Waals surface area contributed by atoms with Gasteiger partial charge in [0.25, 0.3) is 0 Å². The average Bonchev–Trinajstić information content (AvgIpc) is 2.76. The molecular weight excluding hydrogens is 485 g/mol. The smallest absolute Gasteiger partial charge is 0.394 e. The topological polar surface area (TPSA) is 154 Å². The van der Waals surface area contributed by atoms with E-state index in [9.17, 15) is 47.1 Å². The summed E-state index contributed by atoms with van der Waals surface area (Å²) >= 11 is 0. The van der Waals surface area contributed by atoms with Crippen molar-refractivity contribution in [1.82, 2.24) is 0 Å². The van der Waals surface area contributed by atoms with Crippen LogP contribution in [0.3, 0.4) is 0 Å². The molecule has 0 aromatic heterocycles. The van der Waals surface area contributed by atoms with Gasteiger partial charge in [0.1, 0.15) is 30.2 Å². The van der Waals surface area contributed by atoms with Crippen LogP contribution >= 0.6 is 0 Å². The molecule has 1 heterocycles. The Balaban J connectivity index is 1.85. The Morgan fingerprint density at radius 2 is 1.68 bits per heavy atom. The Bertz CT molecular complexity index is 1120. The van der Waals surface area contributed by atoms with Crippen LogP contribution in [0.2, 0.25) is 0 Å². The van der Waals surface area contributed by atoms with Crippen LogP contribution in [0.1, 0.15) is 22.3 Å². The standard InChI is InChI=1S/C21H23F3O9S/c1-11-2-5-14(20(29)19(28)18(27)17(26)16(10-25)32-20)9-13(11)8-12-3-6-15(7-4-12)33-34(30,31)21(22,23)24/h2-7,9,16-19,25-29H,8,10H2,1H3/t16-,17-,18+,19-,20+/m1/s1. The predicted molar refractivity (Wildman–Crippen MR) is 110 cm³/mol. The van der Waals surface area contributed by atoms with Gasteiger partial charge in [-0.3, -0.25) is 0 Å². The number of hydrogen-bond acceptors (Lipinski definition) is 9. The van der Waals surface area contributed by atoms with E-state index in [4.69, 9.17) is 4.74 Å². The molecule has 1 aliphatic heterocycles. The number of aliphatic hydroxyl groups is 5. The fourth-order valence-electron chi connectivity index (χ4n) is 3.53. The van der Waals surface area contributed by atoms with Gasteiger partial charge in [-0.2, -0.15) is 21.6 Å².